The zero-order chi connectivity index (χ0) is 10.6. The highest BCUT2D eigenvalue weighted by Crippen LogP contribution is 2.10. The summed E-state index contributed by atoms with van der Waals surface area (Å²) >= 11 is 0. The Morgan fingerprint density at radius 3 is 2.71 bits per heavy atom. The van der Waals surface area contributed by atoms with E-state index in [0.717, 1.165) is 0 Å². The number of carbonyl (C=O) groups excluding carboxylic acids is 1. The van der Waals surface area contributed by atoms with Crippen LogP contribution in [0.3, 0.4) is 0 Å². The van der Waals surface area contributed by atoms with Gasteiger partial charge in [0, 0.05) is 18.2 Å². The van der Waals surface area contributed by atoms with E-state index in [4.69, 9.17) is 11.5 Å². The molecule has 0 unspecified atom stereocenters. The van der Waals surface area contributed by atoms with Gasteiger partial charge in [-0.05, 0) is 17.7 Å². The fourth-order valence-electron chi connectivity index (χ4n) is 1.01. The van der Waals surface area contributed by atoms with Crippen LogP contribution >= 0.6 is 0 Å². The van der Waals surface area contributed by atoms with Crippen LogP contribution in [0.15, 0.2) is 24.3 Å². The summed E-state index contributed by atoms with van der Waals surface area (Å²) in [6.45, 7) is 0.158. The van der Waals surface area contributed by atoms with Crippen LogP contribution in [0, 0.1) is 5.82 Å². The molecule has 14 heavy (non-hydrogen) atoms. The van der Waals surface area contributed by atoms with E-state index in [2.05, 4.69) is 0 Å². The number of nitrogens with two attached hydrogens (primary N) is 2. The minimum absolute atomic E-state index is 0.158. The van der Waals surface area contributed by atoms with Gasteiger partial charge in [0.15, 0.2) is 0 Å². The summed E-state index contributed by atoms with van der Waals surface area (Å²) < 4.78 is 13.1. The van der Waals surface area contributed by atoms with E-state index in [1.165, 1.54) is 18.2 Å². The molecular weight excluding hydrogens is 183 g/mol. The van der Waals surface area contributed by atoms with E-state index in [1.54, 1.807) is 12.1 Å². The van der Waals surface area contributed by atoms with Crippen molar-refractivity contribution in [1.82, 2.24) is 0 Å². The molecule has 1 rings (SSSR count). The summed E-state index contributed by atoms with van der Waals surface area (Å²) in [4.78, 5) is 10.4. The Morgan fingerprint density at radius 2 is 2.21 bits per heavy atom. The predicted molar refractivity (Wildman–Crippen MR) is 52.5 cm³/mol. The fraction of sp³-hybridized carbons (Fsp3) is 0.100. The fourth-order valence-corrected chi connectivity index (χ4v) is 1.01. The molecular formula is C10H11FN2O. The lowest BCUT2D eigenvalue weighted by Crippen LogP contribution is -2.05. The molecule has 0 saturated heterocycles. The molecule has 1 amide bonds. The maximum atomic E-state index is 13.1. The normalized spacial score (nSPS) is 10.7. The number of halogens is 1. The molecule has 0 saturated carbocycles. The molecule has 0 radical (unpaired) electrons. The standard InChI is InChI=1S/C10H11FN2O/c11-9-5-7(2-4-10(13)14)1-3-8(9)6-12/h1-5H,6,12H2,(H2,13,14). The quantitative estimate of drug-likeness (QED) is 0.698. The van der Waals surface area contributed by atoms with Crippen LogP contribution in [-0.2, 0) is 11.3 Å². The number of benzene rings is 1. The minimum atomic E-state index is -0.562. The van der Waals surface area contributed by atoms with Crippen molar-refractivity contribution in [2.24, 2.45) is 11.5 Å². The monoisotopic (exact) mass is 194 g/mol. The molecule has 0 aliphatic heterocycles. The van der Waals surface area contributed by atoms with Gasteiger partial charge in [-0.2, -0.15) is 0 Å². The van der Waals surface area contributed by atoms with Crippen LogP contribution in [0.5, 0.6) is 0 Å². The van der Waals surface area contributed by atoms with E-state index in [-0.39, 0.29) is 12.4 Å². The molecule has 0 aliphatic carbocycles. The largest absolute Gasteiger partial charge is 0.366 e. The summed E-state index contributed by atoms with van der Waals surface area (Å²) in [5, 5.41) is 0. The Bertz CT molecular complexity index is 374. The maximum absolute atomic E-state index is 13.1. The molecule has 0 atom stereocenters. The van der Waals surface area contributed by atoms with Crippen molar-refractivity contribution >= 4 is 12.0 Å². The highest BCUT2D eigenvalue weighted by molar-refractivity contribution is 5.90. The maximum Gasteiger partial charge on any atom is 0.241 e. The second-order valence-electron chi connectivity index (χ2n) is 2.79. The summed E-state index contributed by atoms with van der Waals surface area (Å²) in [5.41, 5.74) is 11.2. The minimum Gasteiger partial charge on any atom is -0.366 e. The predicted octanol–water partition coefficient (Wildman–Crippen LogP) is 0.783. The highest BCUT2D eigenvalue weighted by Gasteiger charge is 1.99. The van der Waals surface area contributed by atoms with Gasteiger partial charge in [0.05, 0.1) is 0 Å². The Morgan fingerprint density at radius 1 is 1.50 bits per heavy atom. The smallest absolute Gasteiger partial charge is 0.241 e. The molecule has 0 aliphatic rings. The molecule has 4 heteroatoms. The summed E-state index contributed by atoms with van der Waals surface area (Å²) in [6, 6.07) is 4.56. The van der Waals surface area contributed by atoms with Crippen LogP contribution < -0.4 is 11.5 Å². The second kappa shape index (κ2) is 4.53. The van der Waals surface area contributed by atoms with Crippen molar-refractivity contribution in [2.45, 2.75) is 6.54 Å². The lowest BCUT2D eigenvalue weighted by Gasteiger charge is -1.99. The van der Waals surface area contributed by atoms with E-state index in [9.17, 15) is 9.18 Å². The topological polar surface area (TPSA) is 69.1 Å². The van der Waals surface area contributed by atoms with Gasteiger partial charge >= 0.3 is 0 Å². The lowest BCUT2D eigenvalue weighted by atomic mass is 10.1. The molecule has 0 heterocycles. The van der Waals surface area contributed by atoms with Gasteiger partial charge in [-0.25, -0.2) is 4.39 Å². The van der Waals surface area contributed by atoms with Gasteiger partial charge in [-0.15, -0.1) is 0 Å². The molecule has 0 fully saturated rings. The third-order valence-electron chi connectivity index (χ3n) is 1.74. The lowest BCUT2D eigenvalue weighted by molar-refractivity contribution is -0.113. The van der Waals surface area contributed by atoms with Gasteiger partial charge in [0.2, 0.25) is 5.91 Å². The highest BCUT2D eigenvalue weighted by atomic mass is 19.1. The zero-order valence-corrected chi connectivity index (χ0v) is 7.53. The first-order valence-electron chi connectivity index (χ1n) is 4.09. The van der Waals surface area contributed by atoms with E-state index in [0.29, 0.717) is 11.1 Å². The Hall–Kier alpha value is -1.68. The summed E-state index contributed by atoms with van der Waals surface area (Å²) in [7, 11) is 0. The van der Waals surface area contributed by atoms with Gasteiger partial charge in [-0.3, -0.25) is 4.79 Å². The average Bonchev–Trinajstić information content (AvgIpc) is 2.15. The average molecular weight is 194 g/mol. The molecule has 4 N–H and O–H groups in total. The molecule has 0 aromatic heterocycles. The van der Waals surface area contributed by atoms with Crippen LogP contribution in [0.4, 0.5) is 4.39 Å². The zero-order valence-electron chi connectivity index (χ0n) is 7.53. The number of rotatable bonds is 3. The summed E-state index contributed by atoms with van der Waals surface area (Å²) in [6.07, 6.45) is 2.63. The van der Waals surface area contributed by atoms with Crippen molar-refractivity contribution in [2.75, 3.05) is 0 Å². The molecule has 1 aromatic rings. The van der Waals surface area contributed by atoms with E-state index < -0.39 is 5.91 Å². The Balaban J connectivity index is 2.91. The molecule has 3 nitrogen and oxygen atoms in total. The van der Waals surface area contributed by atoms with Crippen LogP contribution in [0.2, 0.25) is 0 Å². The van der Waals surface area contributed by atoms with Crippen LogP contribution in [-0.4, -0.2) is 5.91 Å². The Labute approximate surface area is 81.2 Å². The number of hydrogen-bond donors (Lipinski definition) is 2. The first kappa shape index (κ1) is 10.4. The first-order chi connectivity index (χ1) is 6.63. The van der Waals surface area contributed by atoms with Crippen LogP contribution in [0.1, 0.15) is 11.1 Å². The van der Waals surface area contributed by atoms with Gasteiger partial charge in [0.1, 0.15) is 5.82 Å². The van der Waals surface area contributed by atoms with Crippen molar-refractivity contribution < 1.29 is 9.18 Å². The van der Waals surface area contributed by atoms with E-state index in [1.807, 2.05) is 0 Å². The van der Waals surface area contributed by atoms with E-state index >= 15 is 0 Å². The third-order valence-corrected chi connectivity index (χ3v) is 1.74. The van der Waals surface area contributed by atoms with Crippen molar-refractivity contribution in [3.05, 3.63) is 41.2 Å². The number of primary amides is 1. The number of hydrogen-bond acceptors (Lipinski definition) is 2. The number of amides is 1. The Kier molecular flexibility index (Phi) is 3.36. The van der Waals surface area contributed by atoms with Gasteiger partial charge < -0.3 is 11.5 Å². The summed E-state index contributed by atoms with van der Waals surface area (Å²) in [5.74, 6) is -0.938. The SMILES string of the molecule is NCc1ccc(C=CC(N)=O)cc1F. The van der Waals surface area contributed by atoms with Crippen molar-refractivity contribution in [3.63, 3.8) is 0 Å². The third kappa shape index (κ3) is 2.67. The molecule has 1 aromatic carbocycles. The van der Waals surface area contributed by atoms with Gasteiger partial charge in [-0.1, -0.05) is 12.1 Å². The van der Waals surface area contributed by atoms with Crippen LogP contribution in [0.25, 0.3) is 6.08 Å². The number of carbonyl (C=O) groups is 1. The molecule has 74 valence electrons. The van der Waals surface area contributed by atoms with Gasteiger partial charge in [0.25, 0.3) is 0 Å². The molecule has 0 spiro atoms. The molecule has 0 bridgehead atoms. The second-order valence-corrected chi connectivity index (χ2v) is 2.79. The van der Waals surface area contributed by atoms with Crippen molar-refractivity contribution in [3.8, 4) is 0 Å². The first-order valence-corrected chi connectivity index (χ1v) is 4.09. The van der Waals surface area contributed by atoms with Crippen molar-refractivity contribution in [1.29, 1.82) is 0 Å².